The number of halogens is 2. The monoisotopic (exact) mass is 300 g/mol. The molecule has 0 saturated heterocycles. The van der Waals surface area contributed by atoms with Crippen LogP contribution in [0.15, 0.2) is 18.2 Å². The Labute approximate surface area is 121 Å². The molecule has 1 aliphatic carbocycles. The Balaban J connectivity index is 2.11. The molecule has 6 heteroatoms. The van der Waals surface area contributed by atoms with Gasteiger partial charge in [0.15, 0.2) is 0 Å². The van der Waals surface area contributed by atoms with E-state index in [2.05, 4.69) is 5.32 Å². The smallest absolute Gasteiger partial charge is 0.240 e. The van der Waals surface area contributed by atoms with Gasteiger partial charge in [-0.05, 0) is 30.5 Å². The van der Waals surface area contributed by atoms with E-state index in [4.69, 9.17) is 28.9 Å². The van der Waals surface area contributed by atoms with Crippen LogP contribution in [0.2, 0.25) is 10.0 Å². The molecule has 1 fully saturated rings. The summed E-state index contributed by atoms with van der Waals surface area (Å²) in [4.78, 5) is 23.1. The van der Waals surface area contributed by atoms with Crippen LogP contribution in [0, 0.1) is 5.92 Å². The normalized spacial score (nSPS) is 15.9. The van der Waals surface area contributed by atoms with Gasteiger partial charge in [-0.25, -0.2) is 0 Å². The van der Waals surface area contributed by atoms with Gasteiger partial charge in [0.25, 0.3) is 0 Å². The van der Waals surface area contributed by atoms with E-state index in [0.29, 0.717) is 15.6 Å². The second-order valence-corrected chi connectivity index (χ2v) is 5.46. The summed E-state index contributed by atoms with van der Waals surface area (Å²) in [6.45, 7) is 0. The van der Waals surface area contributed by atoms with Crippen molar-refractivity contribution in [1.29, 1.82) is 0 Å². The zero-order chi connectivity index (χ0) is 14.0. The van der Waals surface area contributed by atoms with Crippen LogP contribution in [0.25, 0.3) is 0 Å². The van der Waals surface area contributed by atoms with Gasteiger partial charge >= 0.3 is 0 Å². The number of amides is 2. The number of nitrogens with two attached hydrogens (primary N) is 1. The molecular formula is C13H14Cl2N2O2. The molecule has 0 spiro atoms. The van der Waals surface area contributed by atoms with Crippen LogP contribution in [0.4, 0.5) is 0 Å². The molecule has 0 radical (unpaired) electrons. The Hall–Kier alpha value is -1.26. The van der Waals surface area contributed by atoms with Crippen LogP contribution in [0.5, 0.6) is 0 Å². The van der Waals surface area contributed by atoms with Gasteiger partial charge in [-0.1, -0.05) is 29.3 Å². The van der Waals surface area contributed by atoms with Crippen molar-refractivity contribution in [2.75, 3.05) is 0 Å². The first-order valence-electron chi connectivity index (χ1n) is 6.01. The van der Waals surface area contributed by atoms with Crippen molar-refractivity contribution in [1.82, 2.24) is 5.32 Å². The molecule has 19 heavy (non-hydrogen) atoms. The van der Waals surface area contributed by atoms with E-state index in [1.54, 1.807) is 18.2 Å². The number of carbonyl (C=O) groups is 2. The highest BCUT2D eigenvalue weighted by molar-refractivity contribution is 6.36. The predicted octanol–water partition coefficient (Wildman–Crippen LogP) is 1.92. The van der Waals surface area contributed by atoms with E-state index >= 15 is 0 Å². The van der Waals surface area contributed by atoms with Gasteiger partial charge in [-0.3, -0.25) is 9.59 Å². The summed E-state index contributed by atoms with van der Waals surface area (Å²) >= 11 is 12.1. The molecule has 0 unspecified atom stereocenters. The van der Waals surface area contributed by atoms with E-state index in [1.165, 1.54) is 0 Å². The first kappa shape index (κ1) is 14.2. The summed E-state index contributed by atoms with van der Waals surface area (Å²) < 4.78 is 0. The molecule has 3 N–H and O–H groups in total. The second kappa shape index (κ2) is 5.80. The number of primary amides is 1. The maximum Gasteiger partial charge on any atom is 0.240 e. The highest BCUT2D eigenvalue weighted by Crippen LogP contribution is 2.29. The zero-order valence-corrected chi connectivity index (χ0v) is 11.7. The Morgan fingerprint density at radius 3 is 2.37 bits per heavy atom. The molecule has 2 amide bonds. The van der Waals surface area contributed by atoms with Gasteiger partial charge in [0.05, 0.1) is 0 Å². The fraction of sp³-hybridized carbons (Fsp3) is 0.385. The molecule has 102 valence electrons. The van der Waals surface area contributed by atoms with Crippen LogP contribution in [-0.2, 0) is 16.0 Å². The lowest BCUT2D eigenvalue weighted by atomic mass is 10.0. The second-order valence-electron chi connectivity index (χ2n) is 4.64. The van der Waals surface area contributed by atoms with Crippen LogP contribution in [0.3, 0.4) is 0 Å². The number of nitrogens with one attached hydrogen (secondary N) is 1. The van der Waals surface area contributed by atoms with Crippen molar-refractivity contribution in [3.63, 3.8) is 0 Å². The van der Waals surface area contributed by atoms with Crippen molar-refractivity contribution in [2.45, 2.75) is 25.3 Å². The lowest BCUT2D eigenvalue weighted by Gasteiger charge is -2.17. The summed E-state index contributed by atoms with van der Waals surface area (Å²) in [7, 11) is 0. The van der Waals surface area contributed by atoms with Crippen molar-refractivity contribution in [2.24, 2.45) is 11.7 Å². The number of carbonyl (C=O) groups excluding carboxylic acids is 2. The minimum absolute atomic E-state index is 0.0172. The SMILES string of the molecule is NC(=O)[C@H](Cc1c(Cl)cccc1Cl)NC(=O)C1CC1. The van der Waals surface area contributed by atoms with Gasteiger partial charge in [0, 0.05) is 22.4 Å². The Kier molecular flexibility index (Phi) is 4.32. The van der Waals surface area contributed by atoms with E-state index in [9.17, 15) is 9.59 Å². The average molecular weight is 301 g/mol. The summed E-state index contributed by atoms with van der Waals surface area (Å²) in [5.41, 5.74) is 5.93. The van der Waals surface area contributed by atoms with E-state index < -0.39 is 11.9 Å². The van der Waals surface area contributed by atoms with Gasteiger partial charge in [0.1, 0.15) is 6.04 Å². The molecule has 4 nitrogen and oxygen atoms in total. The fourth-order valence-electron chi connectivity index (χ4n) is 1.79. The molecule has 1 atom stereocenters. The first-order chi connectivity index (χ1) is 8.99. The molecule has 0 aliphatic heterocycles. The van der Waals surface area contributed by atoms with Gasteiger partial charge in [0.2, 0.25) is 11.8 Å². The first-order valence-corrected chi connectivity index (χ1v) is 6.77. The van der Waals surface area contributed by atoms with E-state index in [-0.39, 0.29) is 18.2 Å². The molecule has 0 aromatic heterocycles. The third-order valence-corrected chi connectivity index (χ3v) is 3.79. The lowest BCUT2D eigenvalue weighted by molar-refractivity contribution is -0.128. The van der Waals surface area contributed by atoms with Crippen molar-refractivity contribution in [3.05, 3.63) is 33.8 Å². The van der Waals surface area contributed by atoms with Crippen LogP contribution in [0.1, 0.15) is 18.4 Å². The molecule has 1 aromatic carbocycles. The average Bonchev–Trinajstić information content (AvgIpc) is 3.16. The Morgan fingerprint density at radius 1 is 1.32 bits per heavy atom. The molecule has 0 heterocycles. The highest BCUT2D eigenvalue weighted by Gasteiger charge is 2.32. The summed E-state index contributed by atoms with van der Waals surface area (Å²) in [5, 5.41) is 3.57. The summed E-state index contributed by atoms with van der Waals surface area (Å²) in [6, 6.07) is 4.30. The maximum absolute atomic E-state index is 11.7. The molecular weight excluding hydrogens is 287 g/mol. The zero-order valence-electron chi connectivity index (χ0n) is 10.2. The Bertz CT molecular complexity index is 495. The van der Waals surface area contributed by atoms with E-state index in [0.717, 1.165) is 12.8 Å². The maximum atomic E-state index is 11.7. The topological polar surface area (TPSA) is 72.2 Å². The number of rotatable bonds is 5. The summed E-state index contributed by atoms with van der Waals surface area (Å²) in [5.74, 6) is -0.708. The number of hydrogen-bond donors (Lipinski definition) is 2. The number of hydrogen-bond acceptors (Lipinski definition) is 2. The van der Waals surface area contributed by atoms with E-state index in [1.807, 2.05) is 0 Å². The van der Waals surface area contributed by atoms with Crippen LogP contribution in [-0.4, -0.2) is 17.9 Å². The van der Waals surface area contributed by atoms with Crippen LogP contribution >= 0.6 is 23.2 Å². The third-order valence-electron chi connectivity index (χ3n) is 3.08. The van der Waals surface area contributed by atoms with Crippen molar-refractivity contribution < 1.29 is 9.59 Å². The minimum Gasteiger partial charge on any atom is -0.368 e. The molecule has 1 aliphatic rings. The predicted molar refractivity (Wildman–Crippen MR) is 74.0 cm³/mol. The van der Waals surface area contributed by atoms with Crippen LogP contribution < -0.4 is 11.1 Å². The van der Waals surface area contributed by atoms with Gasteiger partial charge < -0.3 is 11.1 Å². The van der Waals surface area contributed by atoms with Gasteiger partial charge in [-0.2, -0.15) is 0 Å². The lowest BCUT2D eigenvalue weighted by Crippen LogP contribution is -2.46. The third kappa shape index (κ3) is 3.61. The largest absolute Gasteiger partial charge is 0.368 e. The fourth-order valence-corrected chi connectivity index (χ4v) is 2.34. The molecule has 0 bridgehead atoms. The number of benzene rings is 1. The molecule has 1 saturated carbocycles. The molecule has 1 aromatic rings. The minimum atomic E-state index is -0.787. The Morgan fingerprint density at radius 2 is 1.89 bits per heavy atom. The van der Waals surface area contributed by atoms with Gasteiger partial charge in [-0.15, -0.1) is 0 Å². The summed E-state index contributed by atoms with van der Waals surface area (Å²) in [6.07, 6.45) is 1.93. The molecule has 2 rings (SSSR count). The standard InChI is InChI=1S/C13H14Cl2N2O2/c14-9-2-1-3-10(15)8(9)6-11(12(16)18)17-13(19)7-4-5-7/h1-3,7,11H,4-6H2,(H2,16,18)(H,17,19)/t11-/m0/s1. The van der Waals surface area contributed by atoms with Crippen molar-refractivity contribution in [3.8, 4) is 0 Å². The van der Waals surface area contributed by atoms with Crippen molar-refractivity contribution >= 4 is 35.0 Å². The highest BCUT2D eigenvalue weighted by atomic mass is 35.5. The quantitative estimate of drug-likeness (QED) is 0.872.